The van der Waals surface area contributed by atoms with E-state index in [1.807, 2.05) is 44.2 Å². The number of hydrogen-bond donors (Lipinski definition) is 2. The molecule has 0 radical (unpaired) electrons. The third-order valence-corrected chi connectivity index (χ3v) is 4.69. The molecule has 152 valence electrons. The highest BCUT2D eigenvalue weighted by atomic mass is 19.4. The maximum Gasteiger partial charge on any atom is 0.416 e. The van der Waals surface area contributed by atoms with Crippen molar-refractivity contribution in [2.24, 2.45) is 0 Å². The second kappa shape index (κ2) is 8.51. The van der Waals surface area contributed by atoms with Gasteiger partial charge in [0.15, 0.2) is 0 Å². The summed E-state index contributed by atoms with van der Waals surface area (Å²) in [6.45, 7) is 5.51. The first-order valence-corrected chi connectivity index (χ1v) is 9.42. The van der Waals surface area contributed by atoms with Crippen molar-refractivity contribution in [2.45, 2.75) is 39.4 Å². The molecule has 3 rings (SSSR count). The molecule has 0 unspecified atom stereocenters. The predicted molar refractivity (Wildman–Crippen MR) is 110 cm³/mol. The summed E-state index contributed by atoms with van der Waals surface area (Å²) in [6, 6.07) is 15.5. The van der Waals surface area contributed by atoms with Crippen LogP contribution < -0.4 is 10.6 Å². The molecule has 1 heterocycles. The van der Waals surface area contributed by atoms with Crippen molar-refractivity contribution in [3.8, 4) is 11.3 Å². The van der Waals surface area contributed by atoms with Crippen molar-refractivity contribution in [1.29, 1.82) is 0 Å². The smallest absolute Gasteiger partial charge is 0.352 e. The van der Waals surface area contributed by atoms with Crippen LogP contribution in [0.2, 0.25) is 0 Å². The van der Waals surface area contributed by atoms with E-state index in [4.69, 9.17) is 0 Å². The van der Waals surface area contributed by atoms with Gasteiger partial charge in [-0.2, -0.15) is 18.2 Å². The number of nitrogens with zero attached hydrogens (tertiary/aromatic N) is 2. The largest absolute Gasteiger partial charge is 0.416 e. The molecule has 0 spiro atoms. The monoisotopic (exact) mass is 400 g/mol. The van der Waals surface area contributed by atoms with Gasteiger partial charge in [0.05, 0.1) is 11.3 Å². The Morgan fingerprint density at radius 2 is 1.72 bits per heavy atom. The average molecular weight is 400 g/mol. The number of rotatable bonds is 6. The quantitative estimate of drug-likeness (QED) is 0.501. The summed E-state index contributed by atoms with van der Waals surface area (Å²) in [5, 5.41) is 6.27. The van der Waals surface area contributed by atoms with E-state index < -0.39 is 11.7 Å². The molecule has 0 aliphatic heterocycles. The average Bonchev–Trinajstić information content (AvgIpc) is 2.69. The fraction of sp³-hybridized carbons (Fsp3) is 0.273. The summed E-state index contributed by atoms with van der Waals surface area (Å²) in [5.74, 6) is 0.847. The molecule has 0 saturated heterocycles. The molecule has 0 fully saturated rings. The molecule has 4 nitrogen and oxygen atoms in total. The van der Waals surface area contributed by atoms with Crippen molar-refractivity contribution in [2.75, 3.05) is 10.6 Å². The zero-order chi connectivity index (χ0) is 21.0. The molecule has 2 aromatic carbocycles. The van der Waals surface area contributed by atoms with E-state index in [1.165, 1.54) is 13.0 Å². The topological polar surface area (TPSA) is 49.8 Å². The summed E-state index contributed by atoms with van der Waals surface area (Å²) in [6.07, 6.45) is -3.53. The normalized spacial score (nSPS) is 12.5. The Bertz CT molecular complexity index is 972. The van der Waals surface area contributed by atoms with Crippen molar-refractivity contribution >= 4 is 17.5 Å². The van der Waals surface area contributed by atoms with E-state index in [2.05, 4.69) is 20.6 Å². The molecule has 0 saturated carbocycles. The molecular formula is C22H23F3N4. The van der Waals surface area contributed by atoms with Crippen LogP contribution >= 0.6 is 0 Å². The fourth-order valence-corrected chi connectivity index (χ4v) is 2.87. The van der Waals surface area contributed by atoms with Gasteiger partial charge in [0.25, 0.3) is 0 Å². The molecule has 7 heteroatoms. The van der Waals surface area contributed by atoms with Gasteiger partial charge in [-0.05, 0) is 38.0 Å². The van der Waals surface area contributed by atoms with E-state index in [0.29, 0.717) is 23.1 Å². The molecular weight excluding hydrogens is 377 g/mol. The van der Waals surface area contributed by atoms with Crippen LogP contribution in [-0.4, -0.2) is 16.0 Å². The Balaban J connectivity index is 2.02. The molecule has 3 aromatic rings. The van der Waals surface area contributed by atoms with Crippen LogP contribution in [0.3, 0.4) is 0 Å². The first-order valence-electron chi connectivity index (χ1n) is 9.42. The highest BCUT2D eigenvalue weighted by Crippen LogP contribution is 2.35. The highest BCUT2D eigenvalue weighted by Gasteiger charge is 2.32. The molecule has 0 bridgehead atoms. The SMILES string of the molecule is CC[C@@H](C)Nc1nc(Nc2cccc(C(F)(F)F)c2C)cc(-c2ccccc2)n1. The van der Waals surface area contributed by atoms with Crippen molar-refractivity contribution in [1.82, 2.24) is 9.97 Å². The number of halogens is 3. The summed E-state index contributed by atoms with van der Waals surface area (Å²) >= 11 is 0. The van der Waals surface area contributed by atoms with Crippen LogP contribution in [0.25, 0.3) is 11.3 Å². The molecule has 29 heavy (non-hydrogen) atoms. The van der Waals surface area contributed by atoms with Gasteiger partial charge in [-0.15, -0.1) is 0 Å². The Labute approximate surface area is 168 Å². The lowest BCUT2D eigenvalue weighted by atomic mass is 10.1. The summed E-state index contributed by atoms with van der Waals surface area (Å²) < 4.78 is 39.7. The maximum atomic E-state index is 13.2. The Morgan fingerprint density at radius 1 is 1.00 bits per heavy atom. The first-order chi connectivity index (χ1) is 13.8. The van der Waals surface area contributed by atoms with Gasteiger partial charge in [-0.3, -0.25) is 0 Å². The van der Waals surface area contributed by atoms with E-state index in [1.54, 1.807) is 12.1 Å². The van der Waals surface area contributed by atoms with E-state index >= 15 is 0 Å². The van der Waals surface area contributed by atoms with Crippen molar-refractivity contribution < 1.29 is 13.2 Å². The minimum absolute atomic E-state index is 0.122. The minimum Gasteiger partial charge on any atom is -0.352 e. The molecule has 2 N–H and O–H groups in total. The highest BCUT2D eigenvalue weighted by molar-refractivity contribution is 5.69. The van der Waals surface area contributed by atoms with Gasteiger partial charge in [0, 0.05) is 23.4 Å². The van der Waals surface area contributed by atoms with Gasteiger partial charge >= 0.3 is 6.18 Å². The zero-order valence-corrected chi connectivity index (χ0v) is 16.5. The fourth-order valence-electron chi connectivity index (χ4n) is 2.87. The van der Waals surface area contributed by atoms with Crippen LogP contribution in [0.5, 0.6) is 0 Å². The third-order valence-electron chi connectivity index (χ3n) is 4.69. The van der Waals surface area contributed by atoms with Crippen LogP contribution in [0, 0.1) is 6.92 Å². The number of aromatic nitrogens is 2. The number of alkyl halides is 3. The number of anilines is 3. The van der Waals surface area contributed by atoms with Gasteiger partial charge < -0.3 is 10.6 Å². The standard InChI is InChI=1S/C22H23F3N4/c1-4-14(2)26-21-28-19(16-9-6-5-7-10-16)13-20(29-21)27-18-12-8-11-17(15(18)3)22(23,24)25/h5-14H,4H2,1-3H3,(H2,26,27,28,29)/t14-/m1/s1. The van der Waals surface area contributed by atoms with Crippen LogP contribution in [0.15, 0.2) is 54.6 Å². The third kappa shape index (κ3) is 5.04. The van der Waals surface area contributed by atoms with Crippen molar-refractivity contribution in [3.05, 3.63) is 65.7 Å². The molecule has 0 aliphatic rings. The van der Waals surface area contributed by atoms with Gasteiger partial charge in [0.2, 0.25) is 5.95 Å². The maximum absolute atomic E-state index is 13.2. The molecule has 1 atom stereocenters. The second-order valence-electron chi connectivity index (χ2n) is 6.88. The minimum atomic E-state index is -4.41. The molecule has 0 aliphatic carbocycles. The molecule has 1 aromatic heterocycles. The molecule has 0 amide bonds. The van der Waals surface area contributed by atoms with Gasteiger partial charge in [-0.1, -0.05) is 43.3 Å². The van der Waals surface area contributed by atoms with Crippen LogP contribution in [-0.2, 0) is 6.18 Å². The summed E-state index contributed by atoms with van der Waals surface area (Å²) in [4.78, 5) is 9.03. The lowest BCUT2D eigenvalue weighted by Crippen LogP contribution is -2.16. The number of benzene rings is 2. The second-order valence-corrected chi connectivity index (χ2v) is 6.88. The predicted octanol–water partition coefficient (Wildman–Crippen LogP) is 6.42. The van der Waals surface area contributed by atoms with Crippen LogP contribution in [0.1, 0.15) is 31.4 Å². The lowest BCUT2D eigenvalue weighted by Gasteiger charge is -2.17. The Hall–Kier alpha value is -3.09. The lowest BCUT2D eigenvalue weighted by molar-refractivity contribution is -0.138. The van der Waals surface area contributed by atoms with E-state index in [0.717, 1.165) is 18.1 Å². The van der Waals surface area contributed by atoms with Crippen molar-refractivity contribution in [3.63, 3.8) is 0 Å². The summed E-state index contributed by atoms with van der Waals surface area (Å²) in [5.41, 5.74) is 1.38. The van der Waals surface area contributed by atoms with Crippen LogP contribution in [0.4, 0.5) is 30.6 Å². The van der Waals surface area contributed by atoms with E-state index in [9.17, 15) is 13.2 Å². The zero-order valence-electron chi connectivity index (χ0n) is 16.5. The van der Waals surface area contributed by atoms with E-state index in [-0.39, 0.29) is 11.6 Å². The Kier molecular flexibility index (Phi) is 6.06. The number of nitrogens with one attached hydrogen (secondary N) is 2. The van der Waals surface area contributed by atoms with Gasteiger partial charge in [-0.25, -0.2) is 4.98 Å². The van der Waals surface area contributed by atoms with Gasteiger partial charge in [0.1, 0.15) is 5.82 Å². The first kappa shape index (κ1) is 20.6. The summed E-state index contributed by atoms with van der Waals surface area (Å²) in [7, 11) is 0. The number of hydrogen-bond acceptors (Lipinski definition) is 4. The Morgan fingerprint density at radius 3 is 2.38 bits per heavy atom.